The minimum atomic E-state index is -4.25. The highest BCUT2D eigenvalue weighted by atomic mass is 32.2. The highest BCUT2D eigenvalue weighted by molar-refractivity contribution is 7.87. The van der Waals surface area contributed by atoms with E-state index in [4.69, 9.17) is 0 Å². The van der Waals surface area contributed by atoms with Crippen LogP contribution in [-0.2, 0) is 21.1 Å². The van der Waals surface area contributed by atoms with E-state index < -0.39 is 14.9 Å². The molecule has 1 aromatic carbocycles. The summed E-state index contributed by atoms with van der Waals surface area (Å²) in [6, 6.07) is 9.12. The summed E-state index contributed by atoms with van der Waals surface area (Å²) < 4.78 is 31.5. The van der Waals surface area contributed by atoms with Crippen molar-refractivity contribution in [3.63, 3.8) is 0 Å². The minimum Gasteiger partial charge on any atom is -0.196 e. The zero-order valence-electron chi connectivity index (χ0n) is 8.23. The number of hydrogen-bond donors (Lipinski definition) is 0. The van der Waals surface area contributed by atoms with E-state index in [0.717, 1.165) is 5.56 Å². The van der Waals surface area contributed by atoms with Crippen LogP contribution in [-0.4, -0.2) is 13.2 Å². The molecule has 0 amide bonds. The van der Waals surface area contributed by atoms with Crippen molar-refractivity contribution >= 4 is 10.1 Å². The molecule has 0 saturated carbocycles. The Hall–Kier alpha value is -0.870. The molecule has 0 spiro atoms. The van der Waals surface area contributed by atoms with E-state index in [1.807, 2.05) is 30.3 Å². The normalized spacial score (nSPS) is 12.8. The van der Waals surface area contributed by atoms with Gasteiger partial charge in [-0.05, 0) is 25.8 Å². The molecule has 0 bridgehead atoms. The third-order valence-corrected chi connectivity index (χ3v) is 3.65. The van der Waals surface area contributed by atoms with Crippen LogP contribution >= 0.6 is 0 Å². The molecule has 0 aliphatic rings. The third kappa shape index (κ3) is 2.56. The molecule has 1 radical (unpaired) electrons. The smallest absolute Gasteiger partial charge is 0.196 e. The van der Waals surface area contributed by atoms with E-state index in [1.165, 1.54) is 13.8 Å². The molecule has 1 aromatic rings. The van der Waals surface area contributed by atoms with Gasteiger partial charge in [-0.25, -0.2) is 0 Å². The first-order chi connectivity index (χ1) is 6.33. The molecule has 0 unspecified atom stereocenters. The lowest BCUT2D eigenvalue weighted by Crippen LogP contribution is -2.32. The van der Waals surface area contributed by atoms with Gasteiger partial charge in [0.05, 0.1) is 4.75 Å². The molecular weight excluding hydrogens is 200 g/mol. The summed E-state index contributed by atoms with van der Waals surface area (Å²) in [5.74, 6) is 0. The van der Waals surface area contributed by atoms with Crippen LogP contribution in [0.3, 0.4) is 0 Å². The van der Waals surface area contributed by atoms with Gasteiger partial charge in [-0.15, -0.1) is 0 Å². The number of benzene rings is 1. The average Bonchev–Trinajstić information content (AvgIpc) is 2.03. The van der Waals surface area contributed by atoms with Crippen LogP contribution in [0, 0.1) is 0 Å². The van der Waals surface area contributed by atoms with Crippen molar-refractivity contribution in [2.75, 3.05) is 0 Å². The first-order valence-electron chi connectivity index (χ1n) is 4.32. The highest BCUT2D eigenvalue weighted by Gasteiger charge is 2.34. The molecule has 0 aliphatic carbocycles. The van der Waals surface area contributed by atoms with E-state index in [0.29, 0.717) is 0 Å². The van der Waals surface area contributed by atoms with E-state index in [2.05, 4.69) is 0 Å². The molecule has 0 aliphatic heterocycles. The summed E-state index contributed by atoms with van der Waals surface area (Å²) in [6.07, 6.45) is 0.250. The van der Waals surface area contributed by atoms with Gasteiger partial charge in [-0.1, -0.05) is 34.9 Å². The molecule has 0 atom stereocenters. The van der Waals surface area contributed by atoms with E-state index in [9.17, 15) is 13.0 Å². The first kappa shape index (κ1) is 11.2. The Morgan fingerprint density at radius 1 is 1.14 bits per heavy atom. The maximum Gasteiger partial charge on any atom is 0.300 e. The quantitative estimate of drug-likeness (QED) is 0.768. The SMILES string of the molecule is CC(C)(Cc1ccccc1)S([O])(=O)=O. The van der Waals surface area contributed by atoms with Crippen LogP contribution in [0.25, 0.3) is 0 Å². The Morgan fingerprint density at radius 2 is 1.64 bits per heavy atom. The average molecular weight is 213 g/mol. The van der Waals surface area contributed by atoms with Crippen molar-refractivity contribution in [1.29, 1.82) is 0 Å². The Morgan fingerprint density at radius 3 is 2.07 bits per heavy atom. The van der Waals surface area contributed by atoms with Crippen LogP contribution in [0.15, 0.2) is 30.3 Å². The summed E-state index contributed by atoms with van der Waals surface area (Å²) >= 11 is 0. The summed E-state index contributed by atoms with van der Waals surface area (Å²) in [6.45, 7) is 2.89. The lowest BCUT2D eigenvalue weighted by atomic mass is 10.0. The van der Waals surface area contributed by atoms with Gasteiger partial charge in [0.1, 0.15) is 0 Å². The van der Waals surface area contributed by atoms with Gasteiger partial charge in [0.2, 0.25) is 0 Å². The van der Waals surface area contributed by atoms with E-state index in [-0.39, 0.29) is 6.42 Å². The zero-order valence-corrected chi connectivity index (χ0v) is 9.04. The summed E-state index contributed by atoms with van der Waals surface area (Å²) in [4.78, 5) is 0. The second kappa shape index (κ2) is 3.71. The standard InChI is InChI=1S/C10H13O3S/c1-10(2,14(11,12)13)8-9-6-4-3-5-7-9/h3-7H,8H2,1-2H3. The summed E-state index contributed by atoms with van der Waals surface area (Å²) in [7, 11) is -4.25. The second-order valence-electron chi connectivity index (χ2n) is 3.88. The Labute approximate surface area is 84.5 Å². The van der Waals surface area contributed by atoms with Crippen molar-refractivity contribution in [3.8, 4) is 0 Å². The van der Waals surface area contributed by atoms with Crippen LogP contribution in [0.1, 0.15) is 19.4 Å². The first-order valence-corrected chi connectivity index (χ1v) is 5.73. The molecule has 77 valence electrons. The van der Waals surface area contributed by atoms with Crippen molar-refractivity contribution in [3.05, 3.63) is 35.9 Å². The second-order valence-corrected chi connectivity index (χ2v) is 5.89. The maximum absolute atomic E-state index is 10.9. The van der Waals surface area contributed by atoms with Gasteiger partial charge in [0, 0.05) is 0 Å². The predicted octanol–water partition coefficient (Wildman–Crippen LogP) is 1.77. The molecule has 0 saturated heterocycles. The Bertz CT molecular complexity index is 393. The minimum absolute atomic E-state index is 0.250. The Kier molecular flexibility index (Phi) is 2.97. The fourth-order valence-electron chi connectivity index (χ4n) is 1.18. The monoisotopic (exact) mass is 213 g/mol. The van der Waals surface area contributed by atoms with Crippen LogP contribution in [0.4, 0.5) is 0 Å². The largest absolute Gasteiger partial charge is 0.300 e. The highest BCUT2D eigenvalue weighted by Crippen LogP contribution is 2.21. The Balaban J connectivity index is 2.90. The number of hydrogen-bond acceptors (Lipinski definition) is 2. The van der Waals surface area contributed by atoms with Gasteiger partial charge in [-0.2, -0.15) is 8.42 Å². The van der Waals surface area contributed by atoms with Gasteiger partial charge < -0.3 is 0 Å². The van der Waals surface area contributed by atoms with Crippen molar-refractivity contribution in [1.82, 2.24) is 0 Å². The van der Waals surface area contributed by atoms with Crippen LogP contribution in [0.2, 0.25) is 0 Å². The summed E-state index contributed by atoms with van der Waals surface area (Å²) in [5.41, 5.74) is 0.858. The zero-order chi connectivity index (χ0) is 10.8. The molecule has 4 heteroatoms. The molecular formula is C10H13O3S. The lowest BCUT2D eigenvalue weighted by molar-refractivity contribution is 0.381. The van der Waals surface area contributed by atoms with Crippen molar-refractivity contribution < 1.29 is 13.0 Å². The summed E-state index contributed by atoms with van der Waals surface area (Å²) in [5, 5.41) is 0. The van der Waals surface area contributed by atoms with Gasteiger partial charge in [-0.3, -0.25) is 0 Å². The van der Waals surface area contributed by atoms with Crippen LogP contribution in [0.5, 0.6) is 0 Å². The van der Waals surface area contributed by atoms with E-state index in [1.54, 1.807) is 0 Å². The predicted molar refractivity (Wildman–Crippen MR) is 53.8 cm³/mol. The van der Waals surface area contributed by atoms with Gasteiger partial charge in [0.25, 0.3) is 10.1 Å². The fraction of sp³-hybridized carbons (Fsp3) is 0.400. The molecule has 1 rings (SSSR count). The lowest BCUT2D eigenvalue weighted by Gasteiger charge is -2.19. The van der Waals surface area contributed by atoms with Crippen LogP contribution < -0.4 is 0 Å². The third-order valence-electron chi connectivity index (χ3n) is 2.15. The molecule has 0 aromatic heterocycles. The number of rotatable bonds is 3. The van der Waals surface area contributed by atoms with Crippen molar-refractivity contribution in [2.24, 2.45) is 0 Å². The topological polar surface area (TPSA) is 54.0 Å². The molecule has 3 nitrogen and oxygen atoms in total. The van der Waals surface area contributed by atoms with Gasteiger partial charge >= 0.3 is 0 Å². The fourth-order valence-corrected chi connectivity index (χ4v) is 1.52. The maximum atomic E-state index is 10.9. The molecule has 14 heavy (non-hydrogen) atoms. The molecule has 0 N–H and O–H groups in total. The van der Waals surface area contributed by atoms with Crippen molar-refractivity contribution in [2.45, 2.75) is 25.0 Å². The molecule has 0 heterocycles. The van der Waals surface area contributed by atoms with Gasteiger partial charge in [0.15, 0.2) is 0 Å². The molecule has 0 fully saturated rings. The van der Waals surface area contributed by atoms with E-state index >= 15 is 0 Å².